The number of nitrogens with zero attached hydrogens (tertiary/aromatic N) is 4. The third-order valence-corrected chi connectivity index (χ3v) is 22.0. The molecule has 4 fully saturated rings. The summed E-state index contributed by atoms with van der Waals surface area (Å²) in [5.74, 6) is 2.73. The van der Waals surface area contributed by atoms with Crippen LogP contribution < -0.4 is 18.9 Å². The quantitative estimate of drug-likeness (QED) is 0.0404. The molecule has 16 nitrogen and oxygen atoms in total. The molecule has 0 aromatic heterocycles. The number of rotatable bonds is 24. The van der Waals surface area contributed by atoms with Gasteiger partial charge in [0.1, 0.15) is 70.3 Å². The number of benzene rings is 8. The number of halogens is 8. The van der Waals surface area contributed by atoms with E-state index in [0.717, 1.165) is 13.6 Å². The van der Waals surface area contributed by atoms with E-state index < -0.39 is 24.4 Å². The highest BCUT2D eigenvalue weighted by Crippen LogP contribution is 2.64. The average molecular weight is 2020 g/mol. The molecule has 0 spiro atoms. The molecule has 12 rings (SSSR count). The van der Waals surface area contributed by atoms with E-state index in [1.54, 1.807) is 97.1 Å². The van der Waals surface area contributed by atoms with Gasteiger partial charge in [0, 0.05) is 22.3 Å². The second-order valence-electron chi connectivity index (χ2n) is 28.9. The van der Waals surface area contributed by atoms with E-state index in [9.17, 15) is 40.2 Å². The molecule has 0 aliphatic heterocycles. The standard InChI is InChI=1S/4C22H19Br2NO3/c4*1-22(2)17(12-19(23)24)20(22)21(26)28-18(13-25)14-7-6-10-16(11-14)27-15-8-4-3-5-9-15/h4*3-12,17-18,20H,1-2H3/t4*17-,18+,20-/m0000/s1. The van der Waals surface area contributed by atoms with E-state index in [2.05, 4.69) is 152 Å². The van der Waals surface area contributed by atoms with Crippen LogP contribution in [0.4, 0.5) is 0 Å². The first-order valence-electron chi connectivity index (χ1n) is 35.1. The Morgan fingerprint density at radius 3 is 0.616 bits per heavy atom. The normalized spacial score (nSPS) is 20.4. The van der Waals surface area contributed by atoms with E-state index >= 15 is 0 Å². The first-order chi connectivity index (χ1) is 53.3. The number of hydrogen-bond donors (Lipinski definition) is 0. The monoisotopic (exact) mass is 2010 g/mol. The molecular formula is C88H76Br8N4O12. The zero-order chi connectivity index (χ0) is 81.2. The predicted molar refractivity (Wildman–Crippen MR) is 456 cm³/mol. The zero-order valence-corrected chi connectivity index (χ0v) is 74.4. The van der Waals surface area contributed by atoms with Crippen LogP contribution in [0.5, 0.6) is 46.0 Å². The van der Waals surface area contributed by atoms with E-state index in [4.69, 9.17) is 37.9 Å². The lowest BCUT2D eigenvalue weighted by Gasteiger charge is -2.13. The van der Waals surface area contributed by atoms with Crippen molar-refractivity contribution in [3.05, 3.63) is 279 Å². The van der Waals surface area contributed by atoms with Gasteiger partial charge in [0.05, 0.1) is 37.2 Å². The van der Waals surface area contributed by atoms with Crippen molar-refractivity contribution in [1.82, 2.24) is 0 Å². The van der Waals surface area contributed by atoms with Gasteiger partial charge in [-0.05, 0) is 270 Å². The fourth-order valence-corrected chi connectivity index (χ4v) is 15.5. The van der Waals surface area contributed by atoms with Crippen molar-refractivity contribution < 1.29 is 57.1 Å². The number of hydrogen-bond acceptors (Lipinski definition) is 16. The number of ether oxygens (including phenoxy) is 8. The molecule has 576 valence electrons. The maximum atomic E-state index is 12.7. The number of allylic oxidation sites excluding steroid dienone is 4. The van der Waals surface area contributed by atoms with Crippen molar-refractivity contribution in [2.24, 2.45) is 69.0 Å². The van der Waals surface area contributed by atoms with Crippen molar-refractivity contribution in [1.29, 1.82) is 21.0 Å². The van der Waals surface area contributed by atoms with Crippen LogP contribution in [0, 0.1) is 114 Å². The Morgan fingerprint density at radius 1 is 0.286 bits per heavy atom. The molecule has 24 heteroatoms. The van der Waals surface area contributed by atoms with Crippen LogP contribution in [-0.4, -0.2) is 23.9 Å². The smallest absolute Gasteiger partial charge is 0.311 e. The number of para-hydroxylation sites is 4. The fourth-order valence-electron chi connectivity index (χ4n) is 13.2. The van der Waals surface area contributed by atoms with E-state index in [0.29, 0.717) is 68.2 Å². The third-order valence-electron chi connectivity index (χ3n) is 19.8. The zero-order valence-electron chi connectivity index (χ0n) is 61.7. The Kier molecular flexibility index (Phi) is 30.9. The maximum Gasteiger partial charge on any atom is 0.311 e. The molecule has 4 aliphatic carbocycles. The summed E-state index contributed by atoms with van der Waals surface area (Å²) in [6.07, 6.45) is 3.84. The van der Waals surface area contributed by atoms with Crippen molar-refractivity contribution in [3.8, 4) is 70.3 Å². The van der Waals surface area contributed by atoms with Gasteiger partial charge in [0.25, 0.3) is 0 Å². The molecule has 0 saturated heterocycles. The van der Waals surface area contributed by atoms with Gasteiger partial charge < -0.3 is 37.9 Å². The van der Waals surface area contributed by atoms with E-state index in [1.165, 1.54) is 0 Å². The maximum absolute atomic E-state index is 12.7. The fraction of sp³-hybridized carbons (Fsp3) is 0.273. The number of nitriles is 4. The SMILES string of the molecule is CC1(C)[C@H](C(=O)O[C@H](C#N)c2cccc(Oc3ccccc3)c2)[C@@H]1C=C(Br)Br.CC1(C)[C@H](C(=O)O[C@H](C#N)c2cccc(Oc3ccccc3)c2)[C@@H]1C=C(Br)Br.CC1(C)[C@H](C(=O)O[C@H](C#N)c2cccc(Oc3ccccc3)c2)[C@@H]1C=C(Br)Br.CC1(C)[C@H](C(=O)O[C@H](C#N)c2cccc(Oc3ccccc3)c2)[C@@H]1C=C(Br)Br. The van der Waals surface area contributed by atoms with Gasteiger partial charge in [-0.3, -0.25) is 19.2 Å². The largest absolute Gasteiger partial charge is 0.457 e. The Bertz CT molecular complexity index is 4340. The van der Waals surface area contributed by atoms with Crippen molar-refractivity contribution in [3.63, 3.8) is 0 Å². The summed E-state index contributed by atoms with van der Waals surface area (Å²) in [5, 5.41) is 38.2. The number of carbonyl (C=O) groups excluding carboxylic acids is 4. The molecule has 112 heavy (non-hydrogen) atoms. The summed E-state index contributed by atoms with van der Waals surface area (Å²) < 4.78 is 48.6. The van der Waals surface area contributed by atoms with Gasteiger partial charge >= 0.3 is 23.9 Å². The Hall–Kier alpha value is -8.40. The number of esters is 4. The first kappa shape index (κ1) is 87.6. The second-order valence-corrected chi connectivity index (χ2v) is 40.0. The van der Waals surface area contributed by atoms with Crippen LogP contribution in [0.2, 0.25) is 0 Å². The molecule has 0 N–H and O–H groups in total. The van der Waals surface area contributed by atoms with Gasteiger partial charge in [-0.15, -0.1) is 0 Å². The van der Waals surface area contributed by atoms with E-state index in [1.807, 2.05) is 201 Å². The average Bonchev–Trinajstić information content (AvgIpc) is 1.59. The minimum Gasteiger partial charge on any atom is -0.457 e. The summed E-state index contributed by atoms with van der Waals surface area (Å²) in [6, 6.07) is 73.9. The minimum absolute atomic E-state index is 0.0563. The molecule has 0 heterocycles. The molecule has 0 radical (unpaired) electrons. The molecule has 4 aliphatic rings. The Balaban J connectivity index is 0.000000171. The molecule has 4 saturated carbocycles. The van der Waals surface area contributed by atoms with Gasteiger partial charge in [-0.25, -0.2) is 0 Å². The van der Waals surface area contributed by atoms with Crippen LogP contribution in [0.25, 0.3) is 0 Å². The predicted octanol–water partition coefficient (Wildman–Crippen LogP) is 26.0. The summed E-state index contributed by atoms with van der Waals surface area (Å²) in [4.78, 5) is 50.7. The highest BCUT2D eigenvalue weighted by Gasteiger charge is 2.64. The molecular weight excluding hydrogens is 1940 g/mol. The van der Waals surface area contributed by atoms with Crippen molar-refractivity contribution in [2.75, 3.05) is 0 Å². The number of carbonyl (C=O) groups is 4. The van der Waals surface area contributed by atoms with Crippen LogP contribution in [0.15, 0.2) is 256 Å². The van der Waals surface area contributed by atoms with Crippen LogP contribution >= 0.6 is 127 Å². The summed E-state index contributed by atoms with van der Waals surface area (Å²) in [5.41, 5.74) is 1.50. The summed E-state index contributed by atoms with van der Waals surface area (Å²) in [6.45, 7) is 16.1. The van der Waals surface area contributed by atoms with Gasteiger partial charge in [-0.1, -0.05) is 201 Å². The Morgan fingerprint density at radius 2 is 0.455 bits per heavy atom. The molecule has 0 unspecified atom stereocenters. The lowest BCUT2D eigenvalue weighted by atomic mass is 10.1. The molecule has 12 atom stereocenters. The van der Waals surface area contributed by atoms with Crippen molar-refractivity contribution in [2.45, 2.75) is 79.8 Å². The first-order valence-corrected chi connectivity index (χ1v) is 41.5. The van der Waals surface area contributed by atoms with Crippen LogP contribution in [0.3, 0.4) is 0 Å². The molecule has 0 bridgehead atoms. The third kappa shape index (κ3) is 23.9. The van der Waals surface area contributed by atoms with Crippen LogP contribution in [-0.2, 0) is 38.1 Å². The second kappa shape index (κ2) is 39.6. The topological polar surface area (TPSA) is 237 Å². The molecule has 8 aromatic rings. The van der Waals surface area contributed by atoms with Gasteiger partial charge in [0.2, 0.25) is 24.4 Å². The lowest BCUT2D eigenvalue weighted by molar-refractivity contribution is -0.150. The van der Waals surface area contributed by atoms with E-state index in [-0.39, 0.29) is 92.9 Å². The lowest BCUT2D eigenvalue weighted by Crippen LogP contribution is -2.14. The van der Waals surface area contributed by atoms with Crippen molar-refractivity contribution >= 4 is 151 Å². The van der Waals surface area contributed by atoms with Gasteiger partial charge in [-0.2, -0.15) is 21.0 Å². The summed E-state index contributed by atoms with van der Waals surface area (Å²) in [7, 11) is 0. The summed E-state index contributed by atoms with van der Waals surface area (Å²) >= 11 is 26.7. The highest BCUT2D eigenvalue weighted by atomic mass is 79.9. The minimum atomic E-state index is -0.986. The van der Waals surface area contributed by atoms with Crippen LogP contribution in [0.1, 0.15) is 102 Å². The van der Waals surface area contributed by atoms with Gasteiger partial charge in [0.15, 0.2) is 0 Å². The highest BCUT2D eigenvalue weighted by molar-refractivity contribution is 9.29. The molecule has 0 amide bonds. The Labute approximate surface area is 720 Å². The molecule has 8 aromatic carbocycles.